The van der Waals surface area contributed by atoms with Crippen LogP contribution in [-0.2, 0) is 6.54 Å². The molecule has 0 aliphatic carbocycles. The second-order valence-corrected chi connectivity index (χ2v) is 6.55. The van der Waals surface area contributed by atoms with Crippen molar-refractivity contribution in [3.05, 3.63) is 58.3 Å². The van der Waals surface area contributed by atoms with Crippen molar-refractivity contribution in [1.29, 1.82) is 0 Å². The molecule has 7 nitrogen and oxygen atoms in total. The van der Waals surface area contributed by atoms with Gasteiger partial charge in [-0.1, -0.05) is 23.1 Å². The number of anilines is 1. The van der Waals surface area contributed by atoms with Crippen molar-refractivity contribution in [2.24, 2.45) is 0 Å². The molecule has 0 spiro atoms. The van der Waals surface area contributed by atoms with E-state index in [2.05, 4.69) is 15.5 Å². The molecule has 0 unspecified atom stereocenters. The summed E-state index contributed by atoms with van der Waals surface area (Å²) in [5.74, 6) is 0.0975. The third-order valence-corrected chi connectivity index (χ3v) is 4.71. The topological polar surface area (TPSA) is 94.1 Å². The first-order chi connectivity index (χ1) is 11.1. The van der Waals surface area contributed by atoms with Gasteiger partial charge >= 0.3 is 0 Å². The largest absolute Gasteiger partial charge is 0.467 e. The molecule has 0 fully saturated rings. The van der Waals surface area contributed by atoms with E-state index >= 15 is 0 Å². The van der Waals surface area contributed by atoms with Crippen LogP contribution in [0.1, 0.15) is 5.76 Å². The van der Waals surface area contributed by atoms with Gasteiger partial charge in [0, 0.05) is 6.07 Å². The number of furan rings is 1. The van der Waals surface area contributed by atoms with Gasteiger partial charge in [0.25, 0.3) is 5.69 Å². The molecule has 0 amide bonds. The minimum absolute atomic E-state index is 0.254. The van der Waals surface area contributed by atoms with Gasteiger partial charge in [-0.15, -0.1) is 10.2 Å². The highest BCUT2D eigenvalue weighted by Crippen LogP contribution is 2.34. The molecule has 0 bridgehead atoms. The lowest BCUT2D eigenvalue weighted by Gasteiger charge is -1.99. The molecule has 1 aromatic carbocycles. The Hall–Kier alpha value is -2.46. The average molecular weight is 352 g/mol. The Morgan fingerprint density at radius 2 is 2.26 bits per heavy atom. The van der Waals surface area contributed by atoms with E-state index in [0.29, 0.717) is 16.0 Å². The fourth-order valence-electron chi connectivity index (χ4n) is 1.68. The van der Waals surface area contributed by atoms with E-state index in [9.17, 15) is 14.5 Å². The monoisotopic (exact) mass is 352 g/mol. The van der Waals surface area contributed by atoms with Crippen LogP contribution in [0.5, 0.6) is 0 Å². The van der Waals surface area contributed by atoms with Crippen molar-refractivity contribution in [3.8, 4) is 0 Å². The molecule has 0 saturated carbocycles. The second kappa shape index (κ2) is 6.75. The van der Waals surface area contributed by atoms with E-state index in [4.69, 9.17) is 4.42 Å². The van der Waals surface area contributed by atoms with Crippen LogP contribution in [0.25, 0.3) is 0 Å². The van der Waals surface area contributed by atoms with Gasteiger partial charge in [-0.25, -0.2) is 4.39 Å². The normalized spacial score (nSPS) is 10.7. The molecular formula is C13H9FN4O3S2. The molecule has 118 valence electrons. The summed E-state index contributed by atoms with van der Waals surface area (Å²) in [7, 11) is 0. The lowest BCUT2D eigenvalue weighted by atomic mass is 10.3. The first-order valence-corrected chi connectivity index (χ1v) is 7.96. The molecule has 0 aliphatic rings. The standard InChI is InChI=1S/C13H9FN4O3S2/c14-10-6-8(18(19)20)3-4-11(10)22-13-17-16-12(23-13)15-7-9-2-1-5-21-9/h1-6H,7H2,(H,15,16). The van der Waals surface area contributed by atoms with Gasteiger partial charge in [-0.2, -0.15) is 0 Å². The maximum Gasteiger partial charge on any atom is 0.272 e. The number of nitro benzene ring substituents is 1. The van der Waals surface area contributed by atoms with E-state index in [1.165, 1.54) is 23.5 Å². The minimum atomic E-state index is -0.663. The van der Waals surface area contributed by atoms with Crippen LogP contribution in [0, 0.1) is 15.9 Å². The van der Waals surface area contributed by atoms with Crippen LogP contribution in [0.4, 0.5) is 15.2 Å². The van der Waals surface area contributed by atoms with Gasteiger partial charge in [0.05, 0.1) is 28.7 Å². The number of benzene rings is 1. The number of nitrogens with one attached hydrogen (secondary N) is 1. The Kier molecular flexibility index (Phi) is 4.53. The van der Waals surface area contributed by atoms with Gasteiger partial charge in [-0.3, -0.25) is 10.1 Å². The molecule has 3 rings (SSSR count). The van der Waals surface area contributed by atoms with E-state index in [1.807, 2.05) is 6.07 Å². The van der Waals surface area contributed by atoms with Crippen molar-refractivity contribution < 1.29 is 13.7 Å². The van der Waals surface area contributed by atoms with Gasteiger partial charge in [-0.05, 0) is 18.2 Å². The van der Waals surface area contributed by atoms with Gasteiger partial charge in [0.15, 0.2) is 4.34 Å². The van der Waals surface area contributed by atoms with Gasteiger partial charge in [0.1, 0.15) is 11.6 Å². The van der Waals surface area contributed by atoms with Crippen LogP contribution in [0.2, 0.25) is 0 Å². The Balaban J connectivity index is 1.65. The van der Waals surface area contributed by atoms with Gasteiger partial charge in [0.2, 0.25) is 5.13 Å². The van der Waals surface area contributed by atoms with Crippen molar-refractivity contribution >= 4 is 33.9 Å². The molecule has 10 heteroatoms. The van der Waals surface area contributed by atoms with Crippen molar-refractivity contribution in [2.45, 2.75) is 15.8 Å². The fourth-order valence-corrected chi connectivity index (χ4v) is 3.39. The zero-order chi connectivity index (χ0) is 16.2. The fraction of sp³-hybridized carbons (Fsp3) is 0.0769. The van der Waals surface area contributed by atoms with Crippen LogP contribution in [-0.4, -0.2) is 15.1 Å². The number of nitro groups is 1. The number of hydrogen-bond donors (Lipinski definition) is 1. The third-order valence-electron chi connectivity index (χ3n) is 2.72. The molecule has 0 aliphatic heterocycles. The summed E-state index contributed by atoms with van der Waals surface area (Å²) in [6.07, 6.45) is 1.58. The summed E-state index contributed by atoms with van der Waals surface area (Å²) < 4.78 is 19.6. The molecule has 1 N–H and O–H groups in total. The average Bonchev–Trinajstić information content (AvgIpc) is 3.18. The zero-order valence-corrected chi connectivity index (χ0v) is 13.1. The minimum Gasteiger partial charge on any atom is -0.467 e. The van der Waals surface area contributed by atoms with Crippen LogP contribution >= 0.6 is 23.1 Å². The van der Waals surface area contributed by atoms with Crippen LogP contribution in [0.15, 0.2) is 50.2 Å². The van der Waals surface area contributed by atoms with Crippen molar-refractivity contribution in [2.75, 3.05) is 5.32 Å². The quantitative estimate of drug-likeness (QED) is 0.530. The molecule has 0 radical (unpaired) electrons. The SMILES string of the molecule is O=[N+]([O-])c1ccc(Sc2nnc(NCc3ccco3)s2)c(F)c1. The molecule has 23 heavy (non-hydrogen) atoms. The Morgan fingerprint density at radius 1 is 1.39 bits per heavy atom. The van der Waals surface area contributed by atoms with Crippen LogP contribution < -0.4 is 5.32 Å². The number of rotatable bonds is 6. The molecule has 0 saturated heterocycles. The highest BCUT2D eigenvalue weighted by molar-refractivity contribution is 8.01. The lowest BCUT2D eigenvalue weighted by Crippen LogP contribution is -1.96. The summed E-state index contributed by atoms with van der Waals surface area (Å²) in [5, 5.41) is 22.1. The predicted octanol–water partition coefficient (Wildman–Crippen LogP) is 3.94. The Bertz CT molecular complexity index is 823. The lowest BCUT2D eigenvalue weighted by molar-refractivity contribution is -0.385. The third kappa shape index (κ3) is 3.85. The number of hydrogen-bond acceptors (Lipinski definition) is 8. The summed E-state index contributed by atoms with van der Waals surface area (Å²) in [6, 6.07) is 7.11. The van der Waals surface area contributed by atoms with E-state index < -0.39 is 10.7 Å². The number of aromatic nitrogens is 2. The maximum absolute atomic E-state index is 13.8. The summed E-state index contributed by atoms with van der Waals surface area (Å²) >= 11 is 2.32. The highest BCUT2D eigenvalue weighted by atomic mass is 32.2. The molecule has 2 aromatic heterocycles. The number of non-ortho nitro benzene ring substituents is 1. The van der Waals surface area contributed by atoms with Crippen LogP contribution in [0.3, 0.4) is 0 Å². The van der Waals surface area contributed by atoms with Crippen molar-refractivity contribution in [3.63, 3.8) is 0 Å². The highest BCUT2D eigenvalue weighted by Gasteiger charge is 2.14. The molecule has 0 atom stereocenters. The number of halogens is 1. The summed E-state index contributed by atoms with van der Waals surface area (Å²) in [4.78, 5) is 10.2. The van der Waals surface area contributed by atoms with E-state index in [1.54, 1.807) is 12.3 Å². The first-order valence-electron chi connectivity index (χ1n) is 6.33. The second-order valence-electron chi connectivity index (χ2n) is 4.28. The summed E-state index contributed by atoms with van der Waals surface area (Å²) in [6.45, 7) is 0.470. The number of nitrogens with zero attached hydrogens (tertiary/aromatic N) is 3. The Labute approximate surface area is 137 Å². The maximum atomic E-state index is 13.8. The smallest absolute Gasteiger partial charge is 0.272 e. The van der Waals surface area contributed by atoms with E-state index in [-0.39, 0.29) is 10.6 Å². The van der Waals surface area contributed by atoms with E-state index in [0.717, 1.165) is 23.6 Å². The molecule has 2 heterocycles. The molecule has 3 aromatic rings. The molecular weight excluding hydrogens is 343 g/mol. The predicted molar refractivity (Wildman–Crippen MR) is 83.1 cm³/mol. The Morgan fingerprint density at radius 3 is 2.96 bits per heavy atom. The summed E-state index contributed by atoms with van der Waals surface area (Å²) in [5.41, 5.74) is -0.287. The first kappa shape index (κ1) is 15.4. The zero-order valence-electron chi connectivity index (χ0n) is 11.4. The van der Waals surface area contributed by atoms with Gasteiger partial charge < -0.3 is 9.73 Å². The van der Waals surface area contributed by atoms with Crippen molar-refractivity contribution in [1.82, 2.24) is 10.2 Å².